The molecule has 438 valence electrons. The second-order valence-corrected chi connectivity index (χ2v) is 31.0. The number of aromatic nitrogens is 1. The van der Waals surface area contributed by atoms with Gasteiger partial charge in [-0.2, -0.15) is 0 Å². The molecule has 0 amide bonds. The summed E-state index contributed by atoms with van der Waals surface area (Å²) >= 11 is 1.91. The minimum Gasteiger partial charge on any atom is -0.311 e. The van der Waals surface area contributed by atoms with E-state index in [0.29, 0.717) is 0 Å². The zero-order chi connectivity index (χ0) is 61.6. The Morgan fingerprint density at radius 1 is 0.341 bits per heavy atom. The second-order valence-electron chi connectivity index (χ2n) is 30.0. The Balaban J connectivity index is 1.12. The van der Waals surface area contributed by atoms with Crippen LogP contribution in [-0.2, 0) is 27.1 Å². The van der Waals surface area contributed by atoms with Crippen LogP contribution in [0.5, 0.6) is 0 Å². The van der Waals surface area contributed by atoms with Gasteiger partial charge in [0.15, 0.2) is 0 Å². The van der Waals surface area contributed by atoms with Gasteiger partial charge in [0, 0.05) is 71.9 Å². The van der Waals surface area contributed by atoms with Crippen LogP contribution in [0.1, 0.15) is 132 Å². The van der Waals surface area contributed by atoms with E-state index in [-0.39, 0.29) is 33.8 Å². The van der Waals surface area contributed by atoms with Gasteiger partial charge in [0.05, 0.1) is 16.9 Å². The van der Waals surface area contributed by atoms with Crippen molar-refractivity contribution in [3.63, 3.8) is 0 Å². The molecule has 2 aliphatic rings. The third-order valence-corrected chi connectivity index (χ3v) is 19.9. The Morgan fingerprint density at radius 3 is 1.31 bits per heavy atom. The van der Waals surface area contributed by atoms with E-state index in [4.69, 9.17) is 0 Å². The molecule has 14 rings (SSSR count). The fraction of sp³-hybridized carbons (Fsp3) is 0.244. The first kappa shape index (κ1) is 57.2. The monoisotopic (exact) mass is 1160 g/mol. The van der Waals surface area contributed by atoms with Crippen molar-refractivity contribution in [2.24, 2.45) is 0 Å². The molecule has 0 unspecified atom stereocenters. The predicted molar refractivity (Wildman–Crippen MR) is 384 cm³/mol. The Morgan fingerprint density at radius 2 is 0.784 bits per heavy atom. The standard InChI is InChI=1S/C82H81BN4S/c1-78(2,3)53-28-37-58(38-29-53)84(59-39-30-54(31-40-59)79(4,5)6)62-45-46-67-70(49-62)86(69-47-36-57(82(13,14)15)48-66(69)52-22-17-16-18-23-52)71-50-63(85(60-41-32-55(33-42-60)80(7,8)9)61-43-34-56(35-44-61)81(10,11)12)51-72-75(71)83(67)68-26-21-25-65-74-64-24-19-20-27-73(64)88-77(74)87(72)76(65)68/h16-51H,1-15H3. The Hall–Kier alpha value is -8.58. The lowest BCUT2D eigenvalue weighted by atomic mass is 9.33. The molecule has 88 heavy (non-hydrogen) atoms. The molecular weight excluding hydrogens is 1080 g/mol. The number of thiophene rings is 1. The van der Waals surface area contributed by atoms with Crippen LogP contribution in [0.15, 0.2) is 218 Å². The lowest BCUT2D eigenvalue weighted by Crippen LogP contribution is -2.60. The molecule has 0 saturated heterocycles. The maximum atomic E-state index is 2.66. The largest absolute Gasteiger partial charge is 0.311 e. The van der Waals surface area contributed by atoms with Crippen molar-refractivity contribution in [2.45, 2.75) is 131 Å². The van der Waals surface area contributed by atoms with E-state index in [9.17, 15) is 0 Å². The van der Waals surface area contributed by atoms with Crippen molar-refractivity contribution in [3.8, 4) is 16.8 Å². The summed E-state index contributed by atoms with van der Waals surface area (Å²) in [5, 5.41) is 3.92. The molecule has 0 fully saturated rings. The molecule has 0 radical (unpaired) electrons. The highest BCUT2D eigenvalue weighted by Crippen LogP contribution is 2.52. The third-order valence-electron chi connectivity index (χ3n) is 18.8. The molecule has 0 atom stereocenters. The van der Waals surface area contributed by atoms with E-state index < -0.39 is 0 Å². The molecule has 2 aromatic heterocycles. The summed E-state index contributed by atoms with van der Waals surface area (Å²) in [6, 6.07) is 84.3. The van der Waals surface area contributed by atoms with Crippen molar-refractivity contribution in [1.29, 1.82) is 0 Å². The average molecular weight is 1170 g/mol. The number of nitrogens with zero attached hydrogens (tertiary/aromatic N) is 4. The Bertz CT molecular complexity index is 4550. The van der Waals surface area contributed by atoms with Gasteiger partial charge in [0.1, 0.15) is 4.83 Å². The first-order chi connectivity index (χ1) is 41.8. The molecular formula is C82H81BN4S. The van der Waals surface area contributed by atoms with Crippen molar-refractivity contribution >= 4 is 117 Å². The van der Waals surface area contributed by atoms with Crippen LogP contribution in [0, 0.1) is 0 Å². The van der Waals surface area contributed by atoms with Gasteiger partial charge < -0.3 is 19.3 Å². The fourth-order valence-corrected chi connectivity index (χ4v) is 15.0. The molecule has 0 N–H and O–H groups in total. The molecule has 6 heteroatoms. The zero-order valence-electron chi connectivity index (χ0n) is 54.1. The van der Waals surface area contributed by atoms with Gasteiger partial charge in [0.2, 0.25) is 0 Å². The van der Waals surface area contributed by atoms with E-state index in [1.165, 1.54) is 92.2 Å². The van der Waals surface area contributed by atoms with Crippen LogP contribution in [0.4, 0.5) is 51.2 Å². The van der Waals surface area contributed by atoms with Crippen LogP contribution < -0.4 is 31.1 Å². The molecule has 0 saturated carbocycles. The lowest BCUT2D eigenvalue weighted by Gasteiger charge is -2.42. The highest BCUT2D eigenvalue weighted by atomic mass is 32.1. The van der Waals surface area contributed by atoms with Gasteiger partial charge in [-0.05, 0) is 168 Å². The quantitative estimate of drug-likeness (QED) is 0.141. The van der Waals surface area contributed by atoms with Crippen molar-refractivity contribution in [3.05, 3.63) is 246 Å². The topological polar surface area (TPSA) is 14.7 Å². The van der Waals surface area contributed by atoms with E-state index in [1.54, 1.807) is 0 Å². The molecule has 4 heterocycles. The maximum absolute atomic E-state index is 2.66. The summed E-state index contributed by atoms with van der Waals surface area (Å²) in [6.07, 6.45) is 0. The predicted octanol–water partition coefficient (Wildman–Crippen LogP) is 21.7. The van der Waals surface area contributed by atoms with Gasteiger partial charge in [-0.15, -0.1) is 11.3 Å². The smallest absolute Gasteiger partial charge is 0.252 e. The van der Waals surface area contributed by atoms with Crippen LogP contribution in [0.25, 0.3) is 48.0 Å². The SMILES string of the molecule is CC(C)(C)c1ccc(N(c2ccc(C(C)(C)C)cc2)c2ccc3c(c2)N(c2ccc(C(C)(C)C)cc2-c2ccccc2)c2cc(N(c4ccc(C(C)(C)C)cc4)c4ccc(C(C)(C)C)cc4)cc4c2B3c2cccc3c5c6ccccc6sc5n-4c23)cc1. The minimum atomic E-state index is -0.102. The highest BCUT2D eigenvalue weighted by Gasteiger charge is 2.44. The maximum Gasteiger partial charge on any atom is 0.252 e. The molecule has 12 aromatic rings. The first-order valence-corrected chi connectivity index (χ1v) is 32.4. The summed E-state index contributed by atoms with van der Waals surface area (Å²) < 4.78 is 3.96. The molecule has 10 aromatic carbocycles. The number of para-hydroxylation sites is 1. The summed E-state index contributed by atoms with van der Waals surface area (Å²) in [7, 11) is 0. The molecule has 0 spiro atoms. The van der Waals surface area contributed by atoms with Crippen LogP contribution in [0.2, 0.25) is 0 Å². The Kier molecular flexibility index (Phi) is 13.3. The molecule has 0 aliphatic carbocycles. The van der Waals surface area contributed by atoms with Crippen molar-refractivity contribution in [1.82, 2.24) is 4.57 Å². The van der Waals surface area contributed by atoms with Crippen LogP contribution in [-0.4, -0.2) is 11.3 Å². The van der Waals surface area contributed by atoms with Gasteiger partial charge in [-0.1, -0.05) is 231 Å². The van der Waals surface area contributed by atoms with Gasteiger partial charge >= 0.3 is 0 Å². The van der Waals surface area contributed by atoms with Crippen LogP contribution in [0.3, 0.4) is 0 Å². The number of hydrogen-bond acceptors (Lipinski definition) is 4. The Labute approximate surface area is 526 Å². The van der Waals surface area contributed by atoms with E-state index in [2.05, 4.69) is 342 Å². The van der Waals surface area contributed by atoms with Gasteiger partial charge in [-0.25, -0.2) is 0 Å². The zero-order valence-corrected chi connectivity index (χ0v) is 54.9. The molecule has 4 nitrogen and oxygen atoms in total. The minimum absolute atomic E-state index is 0.000397. The normalized spacial score (nSPS) is 13.4. The number of anilines is 9. The number of benzene rings is 10. The molecule has 0 bridgehead atoms. The van der Waals surface area contributed by atoms with Gasteiger partial charge in [0.25, 0.3) is 6.71 Å². The summed E-state index contributed by atoms with van der Waals surface area (Å²) in [4.78, 5) is 8.93. The van der Waals surface area contributed by atoms with Crippen molar-refractivity contribution in [2.75, 3.05) is 14.7 Å². The summed E-state index contributed by atoms with van der Waals surface area (Å²) in [6.45, 7) is 34.5. The molecule has 2 aliphatic heterocycles. The third kappa shape index (κ3) is 9.65. The van der Waals surface area contributed by atoms with E-state index >= 15 is 0 Å². The van der Waals surface area contributed by atoms with Gasteiger partial charge in [-0.3, -0.25) is 0 Å². The number of rotatable bonds is 8. The highest BCUT2D eigenvalue weighted by molar-refractivity contribution is 7.26. The fourth-order valence-electron chi connectivity index (χ4n) is 13.8. The number of hydrogen-bond donors (Lipinski definition) is 0. The second kappa shape index (κ2) is 20.5. The number of fused-ring (bicyclic) bond motifs is 9. The first-order valence-electron chi connectivity index (χ1n) is 31.6. The van der Waals surface area contributed by atoms with E-state index in [1.807, 2.05) is 11.3 Å². The van der Waals surface area contributed by atoms with Crippen LogP contribution >= 0.6 is 11.3 Å². The van der Waals surface area contributed by atoms with E-state index in [0.717, 1.165) is 51.2 Å². The summed E-state index contributed by atoms with van der Waals surface area (Å²) in [5.41, 5.74) is 25.2. The van der Waals surface area contributed by atoms with Crippen molar-refractivity contribution < 1.29 is 0 Å². The average Bonchev–Trinajstić information content (AvgIpc) is 1.32. The summed E-state index contributed by atoms with van der Waals surface area (Å²) in [5.74, 6) is 0. The lowest BCUT2D eigenvalue weighted by molar-refractivity contribution is 0.590.